The summed E-state index contributed by atoms with van der Waals surface area (Å²) in [4.78, 5) is 13.0. The van der Waals surface area contributed by atoms with Crippen LogP contribution in [-0.2, 0) is 15.1 Å². The standard InChI is InChI=1S/C18H23FN4O3.ClH/c1-25-11-12-26-16-4-3-14(13-15(16)19)22-17(24)18(5-8-20-9-6-18)23-10-2-7-21-23;/h2-4,7,10,13,20H,5-6,8-9,11-12H2,1H3,(H,22,24);1H. The van der Waals surface area contributed by atoms with Crippen LogP contribution < -0.4 is 15.4 Å². The number of ether oxygens (including phenoxy) is 2. The summed E-state index contributed by atoms with van der Waals surface area (Å²) in [7, 11) is 1.55. The molecule has 1 aromatic heterocycles. The number of benzene rings is 1. The molecule has 9 heteroatoms. The second-order valence-electron chi connectivity index (χ2n) is 6.17. The van der Waals surface area contributed by atoms with Crippen molar-refractivity contribution < 1.29 is 18.7 Å². The lowest BCUT2D eigenvalue weighted by Gasteiger charge is -2.36. The molecule has 0 aliphatic carbocycles. The molecule has 1 aromatic carbocycles. The second-order valence-corrected chi connectivity index (χ2v) is 6.17. The number of carbonyl (C=O) groups excluding carboxylic acids is 1. The first-order chi connectivity index (χ1) is 12.7. The van der Waals surface area contributed by atoms with E-state index in [0.717, 1.165) is 0 Å². The van der Waals surface area contributed by atoms with Gasteiger partial charge in [0.1, 0.15) is 12.1 Å². The van der Waals surface area contributed by atoms with Gasteiger partial charge in [0, 0.05) is 31.3 Å². The van der Waals surface area contributed by atoms with Crippen LogP contribution in [0.2, 0.25) is 0 Å². The van der Waals surface area contributed by atoms with Crippen LogP contribution in [0.1, 0.15) is 12.8 Å². The maximum atomic E-state index is 14.2. The monoisotopic (exact) mass is 398 g/mol. The fourth-order valence-electron chi connectivity index (χ4n) is 3.10. The molecule has 0 spiro atoms. The van der Waals surface area contributed by atoms with Crippen molar-refractivity contribution in [3.05, 3.63) is 42.5 Å². The number of nitrogens with zero attached hydrogens (tertiary/aromatic N) is 2. The smallest absolute Gasteiger partial charge is 0.252 e. The Kier molecular flexibility index (Phi) is 7.58. The number of amides is 1. The Morgan fingerprint density at radius 3 is 2.78 bits per heavy atom. The number of nitrogens with one attached hydrogen (secondary N) is 2. The summed E-state index contributed by atoms with van der Waals surface area (Å²) in [5.74, 6) is -0.601. The minimum atomic E-state index is -0.779. The molecule has 1 saturated heterocycles. The zero-order valence-electron chi connectivity index (χ0n) is 15.1. The summed E-state index contributed by atoms with van der Waals surface area (Å²) < 4.78 is 26.1. The fourth-order valence-corrected chi connectivity index (χ4v) is 3.10. The molecule has 0 saturated carbocycles. The molecule has 2 N–H and O–H groups in total. The van der Waals surface area contributed by atoms with Gasteiger partial charge in [-0.05, 0) is 44.1 Å². The van der Waals surface area contributed by atoms with Crippen LogP contribution in [0.3, 0.4) is 0 Å². The molecule has 1 amide bonds. The number of hydrogen-bond acceptors (Lipinski definition) is 5. The maximum absolute atomic E-state index is 14.2. The van der Waals surface area contributed by atoms with E-state index >= 15 is 0 Å². The van der Waals surface area contributed by atoms with E-state index < -0.39 is 11.4 Å². The van der Waals surface area contributed by atoms with Gasteiger partial charge in [0.2, 0.25) is 0 Å². The van der Waals surface area contributed by atoms with Crippen molar-refractivity contribution in [3.8, 4) is 5.75 Å². The summed E-state index contributed by atoms with van der Waals surface area (Å²) in [5, 5.41) is 10.4. The molecule has 27 heavy (non-hydrogen) atoms. The van der Waals surface area contributed by atoms with Crippen LogP contribution in [-0.4, -0.2) is 49.1 Å². The van der Waals surface area contributed by atoms with Gasteiger partial charge >= 0.3 is 0 Å². The molecule has 0 unspecified atom stereocenters. The first-order valence-corrected chi connectivity index (χ1v) is 8.59. The summed E-state index contributed by atoms with van der Waals surface area (Å²) in [5.41, 5.74) is -0.393. The SMILES string of the molecule is COCCOc1ccc(NC(=O)C2(n3cccn3)CCNCC2)cc1F.Cl. The zero-order valence-corrected chi connectivity index (χ0v) is 15.9. The van der Waals surface area contributed by atoms with E-state index in [1.54, 1.807) is 36.3 Å². The van der Waals surface area contributed by atoms with E-state index in [-0.39, 0.29) is 30.7 Å². The highest BCUT2D eigenvalue weighted by Gasteiger charge is 2.42. The van der Waals surface area contributed by atoms with Gasteiger partial charge in [0.05, 0.1) is 6.61 Å². The summed E-state index contributed by atoms with van der Waals surface area (Å²) in [6, 6.07) is 6.19. The van der Waals surface area contributed by atoms with Crippen LogP contribution in [0.25, 0.3) is 0 Å². The van der Waals surface area contributed by atoms with Gasteiger partial charge in [-0.1, -0.05) is 0 Å². The topological polar surface area (TPSA) is 77.4 Å². The van der Waals surface area contributed by atoms with E-state index in [9.17, 15) is 9.18 Å². The Morgan fingerprint density at radius 1 is 1.37 bits per heavy atom. The van der Waals surface area contributed by atoms with Crippen molar-refractivity contribution in [3.63, 3.8) is 0 Å². The maximum Gasteiger partial charge on any atom is 0.252 e. The van der Waals surface area contributed by atoms with Crippen LogP contribution >= 0.6 is 12.4 Å². The third-order valence-corrected chi connectivity index (χ3v) is 4.53. The number of carbonyl (C=O) groups is 1. The summed E-state index contributed by atoms with van der Waals surface area (Å²) in [6.45, 7) is 2.06. The highest BCUT2D eigenvalue weighted by molar-refractivity contribution is 5.96. The third-order valence-electron chi connectivity index (χ3n) is 4.53. The molecule has 0 atom stereocenters. The molecule has 7 nitrogen and oxygen atoms in total. The molecule has 1 aliphatic rings. The summed E-state index contributed by atoms with van der Waals surface area (Å²) in [6.07, 6.45) is 4.67. The van der Waals surface area contributed by atoms with Crippen molar-refractivity contribution in [2.75, 3.05) is 38.7 Å². The van der Waals surface area contributed by atoms with Crippen LogP contribution in [0, 0.1) is 5.82 Å². The second kappa shape index (κ2) is 9.68. The van der Waals surface area contributed by atoms with E-state index in [1.165, 1.54) is 12.1 Å². The average molecular weight is 399 g/mol. The quantitative estimate of drug-likeness (QED) is 0.699. The number of anilines is 1. The van der Waals surface area contributed by atoms with Crippen molar-refractivity contribution in [2.24, 2.45) is 0 Å². The van der Waals surface area contributed by atoms with Crippen molar-refractivity contribution in [1.29, 1.82) is 0 Å². The van der Waals surface area contributed by atoms with Crippen molar-refractivity contribution in [1.82, 2.24) is 15.1 Å². The molecule has 1 aliphatic heterocycles. The highest BCUT2D eigenvalue weighted by Crippen LogP contribution is 2.29. The van der Waals surface area contributed by atoms with Crippen LogP contribution in [0.15, 0.2) is 36.7 Å². The Labute approximate surface area is 163 Å². The minimum Gasteiger partial charge on any atom is -0.488 e. The Balaban J connectivity index is 0.00000261. The number of piperidine rings is 1. The predicted molar refractivity (Wildman–Crippen MR) is 102 cm³/mol. The molecule has 2 aromatic rings. The first kappa shape index (κ1) is 21.1. The number of methoxy groups -OCH3 is 1. The minimum absolute atomic E-state index is 0. The molecular formula is C18H24ClFN4O3. The molecule has 148 valence electrons. The van der Waals surface area contributed by atoms with Gasteiger partial charge in [0.15, 0.2) is 11.6 Å². The Morgan fingerprint density at radius 2 is 2.15 bits per heavy atom. The van der Waals surface area contributed by atoms with Crippen molar-refractivity contribution in [2.45, 2.75) is 18.4 Å². The molecule has 2 heterocycles. The lowest BCUT2D eigenvalue weighted by Crippen LogP contribution is -2.52. The number of rotatable bonds is 7. The Hall–Kier alpha value is -2.16. The lowest BCUT2D eigenvalue weighted by atomic mass is 9.87. The van der Waals surface area contributed by atoms with Crippen LogP contribution in [0.5, 0.6) is 5.75 Å². The predicted octanol–water partition coefficient (Wildman–Crippen LogP) is 2.19. The lowest BCUT2D eigenvalue weighted by molar-refractivity contribution is -0.126. The van der Waals surface area contributed by atoms with E-state index in [0.29, 0.717) is 38.2 Å². The molecule has 3 rings (SSSR count). The molecule has 1 fully saturated rings. The molecule has 0 bridgehead atoms. The van der Waals surface area contributed by atoms with Crippen molar-refractivity contribution >= 4 is 24.0 Å². The van der Waals surface area contributed by atoms with Gasteiger partial charge in [-0.2, -0.15) is 5.10 Å². The number of aromatic nitrogens is 2. The Bertz CT molecular complexity index is 736. The van der Waals surface area contributed by atoms with Gasteiger partial charge in [-0.15, -0.1) is 12.4 Å². The third kappa shape index (κ3) is 4.77. The number of halogens is 2. The number of hydrogen-bond donors (Lipinski definition) is 2. The van der Waals surface area contributed by atoms with E-state index in [4.69, 9.17) is 9.47 Å². The van der Waals surface area contributed by atoms with E-state index in [2.05, 4.69) is 15.7 Å². The van der Waals surface area contributed by atoms with E-state index in [1.807, 2.05) is 0 Å². The average Bonchev–Trinajstić information content (AvgIpc) is 3.19. The molecule has 0 radical (unpaired) electrons. The fraction of sp³-hybridized carbons (Fsp3) is 0.444. The summed E-state index contributed by atoms with van der Waals surface area (Å²) >= 11 is 0. The van der Waals surface area contributed by atoms with Gasteiger partial charge in [-0.25, -0.2) is 4.39 Å². The normalized spacial score (nSPS) is 15.6. The molecular weight excluding hydrogens is 375 g/mol. The highest BCUT2D eigenvalue weighted by atomic mass is 35.5. The van der Waals surface area contributed by atoms with Gasteiger partial charge < -0.3 is 20.1 Å². The van der Waals surface area contributed by atoms with Gasteiger partial charge in [0.25, 0.3) is 5.91 Å². The van der Waals surface area contributed by atoms with Gasteiger partial charge in [-0.3, -0.25) is 9.48 Å². The largest absolute Gasteiger partial charge is 0.488 e. The first-order valence-electron chi connectivity index (χ1n) is 8.59. The van der Waals surface area contributed by atoms with Crippen LogP contribution in [0.4, 0.5) is 10.1 Å². The zero-order chi connectivity index (χ0) is 18.4.